The minimum Gasteiger partial charge on any atom is -0.381 e. The lowest BCUT2D eigenvalue weighted by Gasteiger charge is -2.00. The summed E-state index contributed by atoms with van der Waals surface area (Å²) in [6.45, 7) is 0. The fourth-order valence-electron chi connectivity index (χ4n) is 0.879. The molecule has 2 N–H and O–H groups in total. The maximum atomic E-state index is 5.64. The molecule has 0 aliphatic rings. The van der Waals surface area contributed by atoms with Gasteiger partial charge in [-0.1, -0.05) is 0 Å². The molecule has 0 aromatic carbocycles. The van der Waals surface area contributed by atoms with Gasteiger partial charge in [-0.05, 0) is 11.8 Å². The molecule has 2 rings (SSSR count). The first-order valence-corrected chi connectivity index (χ1v) is 4.67. The van der Waals surface area contributed by atoms with Gasteiger partial charge in [0.2, 0.25) is 0 Å². The van der Waals surface area contributed by atoms with Crippen molar-refractivity contribution >= 4 is 17.6 Å². The second kappa shape index (κ2) is 3.62. The Morgan fingerprint density at radius 2 is 2.07 bits per heavy atom. The van der Waals surface area contributed by atoms with Crippen LogP contribution in [0.1, 0.15) is 0 Å². The number of hydrogen-bond acceptors (Lipinski definition) is 6. The normalized spacial score (nSPS) is 10.4. The first kappa shape index (κ1) is 8.95. The van der Waals surface area contributed by atoms with Crippen molar-refractivity contribution < 1.29 is 0 Å². The largest absolute Gasteiger partial charge is 0.381 e. The Bertz CT molecular complexity index is 439. The van der Waals surface area contributed by atoms with Crippen molar-refractivity contribution in [2.75, 3.05) is 5.73 Å². The van der Waals surface area contributed by atoms with E-state index in [9.17, 15) is 0 Å². The van der Waals surface area contributed by atoms with E-state index in [0.717, 1.165) is 5.16 Å². The number of nitrogens with zero attached hydrogens (tertiary/aromatic N) is 5. The van der Waals surface area contributed by atoms with Gasteiger partial charge in [-0.2, -0.15) is 5.10 Å². The Morgan fingerprint density at radius 3 is 2.71 bits per heavy atom. The van der Waals surface area contributed by atoms with Gasteiger partial charge >= 0.3 is 0 Å². The summed E-state index contributed by atoms with van der Waals surface area (Å²) < 4.78 is 1.65. The van der Waals surface area contributed by atoms with Gasteiger partial charge in [0, 0.05) is 19.4 Å². The van der Waals surface area contributed by atoms with Crippen LogP contribution < -0.4 is 5.73 Å². The maximum absolute atomic E-state index is 5.64. The highest BCUT2D eigenvalue weighted by Crippen LogP contribution is 2.25. The standard InChI is InChI=1S/C7H8N6S/c1-13-7(11-4-12-13)14-6-5(8)9-2-3-10-6/h2-4H,1H3,(H2,8,9). The minimum atomic E-state index is 0.403. The van der Waals surface area contributed by atoms with Crippen LogP contribution in [0.3, 0.4) is 0 Å². The molecule has 0 fully saturated rings. The molecule has 72 valence electrons. The summed E-state index contributed by atoms with van der Waals surface area (Å²) >= 11 is 1.34. The van der Waals surface area contributed by atoms with Crippen LogP contribution in [0.25, 0.3) is 0 Å². The summed E-state index contributed by atoms with van der Waals surface area (Å²) in [6.07, 6.45) is 4.63. The van der Waals surface area contributed by atoms with Crippen molar-refractivity contribution in [2.45, 2.75) is 10.2 Å². The molecule has 0 saturated heterocycles. The van der Waals surface area contributed by atoms with Crippen LogP contribution in [-0.2, 0) is 7.05 Å². The van der Waals surface area contributed by atoms with Crippen molar-refractivity contribution in [3.8, 4) is 0 Å². The third kappa shape index (κ3) is 1.67. The second-order valence-electron chi connectivity index (χ2n) is 2.52. The minimum absolute atomic E-state index is 0.403. The average molecular weight is 208 g/mol. The second-order valence-corrected chi connectivity index (χ2v) is 3.47. The van der Waals surface area contributed by atoms with Crippen LogP contribution in [0.5, 0.6) is 0 Å². The van der Waals surface area contributed by atoms with Crippen molar-refractivity contribution in [3.05, 3.63) is 18.7 Å². The molecule has 14 heavy (non-hydrogen) atoms. The molecular weight excluding hydrogens is 200 g/mol. The van der Waals surface area contributed by atoms with Crippen molar-refractivity contribution in [3.63, 3.8) is 0 Å². The predicted octanol–water partition coefficient (Wildman–Crippen LogP) is 0.339. The molecule has 7 heteroatoms. The molecule has 0 aliphatic carbocycles. The molecule has 6 nitrogen and oxygen atoms in total. The number of rotatable bonds is 2. The predicted molar refractivity (Wildman–Crippen MR) is 51.6 cm³/mol. The molecule has 0 bridgehead atoms. The molecule has 0 spiro atoms. The fourth-order valence-corrected chi connectivity index (χ4v) is 1.60. The average Bonchev–Trinajstić information content (AvgIpc) is 2.56. The Hall–Kier alpha value is -1.63. The van der Waals surface area contributed by atoms with Crippen molar-refractivity contribution in [1.82, 2.24) is 24.7 Å². The third-order valence-electron chi connectivity index (χ3n) is 1.55. The smallest absolute Gasteiger partial charge is 0.192 e. The van der Waals surface area contributed by atoms with E-state index >= 15 is 0 Å². The topological polar surface area (TPSA) is 82.5 Å². The van der Waals surface area contributed by atoms with Gasteiger partial charge in [0.05, 0.1) is 0 Å². The number of aromatic nitrogens is 5. The van der Waals surface area contributed by atoms with E-state index in [2.05, 4.69) is 20.1 Å². The van der Waals surface area contributed by atoms with Crippen LogP contribution >= 0.6 is 11.8 Å². The van der Waals surface area contributed by atoms with Gasteiger partial charge in [-0.25, -0.2) is 19.6 Å². The molecule has 0 radical (unpaired) electrons. The molecule has 0 saturated carbocycles. The van der Waals surface area contributed by atoms with Gasteiger partial charge in [0.1, 0.15) is 11.4 Å². The molecule has 2 heterocycles. The van der Waals surface area contributed by atoms with Gasteiger partial charge in [-0.15, -0.1) is 0 Å². The van der Waals surface area contributed by atoms with E-state index in [1.165, 1.54) is 18.1 Å². The third-order valence-corrected chi connectivity index (χ3v) is 2.61. The zero-order valence-corrected chi connectivity index (χ0v) is 8.27. The first-order chi connectivity index (χ1) is 6.77. The summed E-state index contributed by atoms with van der Waals surface area (Å²) in [5.41, 5.74) is 5.64. The zero-order chi connectivity index (χ0) is 9.97. The number of aryl methyl sites for hydroxylation is 1. The lowest BCUT2D eigenvalue weighted by molar-refractivity contribution is 0.684. The molecule has 0 atom stereocenters. The highest BCUT2D eigenvalue weighted by molar-refractivity contribution is 7.99. The van der Waals surface area contributed by atoms with Crippen LogP contribution in [0, 0.1) is 0 Å². The number of hydrogen-bond donors (Lipinski definition) is 1. The van der Waals surface area contributed by atoms with Gasteiger partial charge < -0.3 is 5.73 Å². The quantitative estimate of drug-likeness (QED) is 0.766. The molecule has 0 unspecified atom stereocenters. The summed E-state index contributed by atoms with van der Waals surface area (Å²) in [5, 5.41) is 5.31. The summed E-state index contributed by atoms with van der Waals surface area (Å²) in [6, 6.07) is 0. The summed E-state index contributed by atoms with van der Waals surface area (Å²) in [4.78, 5) is 12.1. The van der Waals surface area contributed by atoms with Gasteiger partial charge in [0.25, 0.3) is 0 Å². The Kier molecular flexibility index (Phi) is 2.32. The monoisotopic (exact) mass is 208 g/mol. The Labute approximate surface area is 84.6 Å². The molecule has 2 aromatic heterocycles. The van der Waals surface area contributed by atoms with Crippen molar-refractivity contribution in [2.24, 2.45) is 7.05 Å². The Morgan fingerprint density at radius 1 is 1.29 bits per heavy atom. The van der Waals surface area contributed by atoms with E-state index in [4.69, 9.17) is 5.73 Å². The van der Waals surface area contributed by atoms with Crippen LogP contribution in [0.2, 0.25) is 0 Å². The van der Waals surface area contributed by atoms with Crippen molar-refractivity contribution in [1.29, 1.82) is 0 Å². The number of nitrogens with two attached hydrogens (primary N) is 1. The molecular formula is C7H8N6S. The van der Waals surface area contributed by atoms with Gasteiger partial charge in [-0.3, -0.25) is 0 Å². The lowest BCUT2D eigenvalue weighted by atomic mass is 10.7. The lowest BCUT2D eigenvalue weighted by Crippen LogP contribution is -1.97. The Balaban J connectivity index is 2.28. The highest BCUT2D eigenvalue weighted by Gasteiger charge is 2.07. The molecule has 0 aliphatic heterocycles. The fraction of sp³-hybridized carbons (Fsp3) is 0.143. The highest BCUT2D eigenvalue weighted by atomic mass is 32.2. The molecule has 2 aromatic rings. The van der Waals surface area contributed by atoms with E-state index in [1.807, 2.05) is 7.05 Å². The zero-order valence-electron chi connectivity index (χ0n) is 7.45. The van der Waals surface area contributed by atoms with E-state index in [-0.39, 0.29) is 0 Å². The van der Waals surface area contributed by atoms with Crippen LogP contribution in [-0.4, -0.2) is 24.7 Å². The first-order valence-electron chi connectivity index (χ1n) is 3.85. The SMILES string of the molecule is Cn1ncnc1Sc1nccnc1N. The van der Waals surface area contributed by atoms with Crippen LogP contribution in [0.4, 0.5) is 5.82 Å². The summed E-state index contributed by atoms with van der Waals surface area (Å²) in [7, 11) is 1.81. The summed E-state index contributed by atoms with van der Waals surface area (Å²) in [5.74, 6) is 0.403. The van der Waals surface area contributed by atoms with E-state index < -0.39 is 0 Å². The maximum Gasteiger partial charge on any atom is 0.192 e. The number of nitrogen functional groups attached to an aromatic ring is 1. The number of anilines is 1. The van der Waals surface area contributed by atoms with Gasteiger partial charge in [0.15, 0.2) is 11.0 Å². The van der Waals surface area contributed by atoms with E-state index in [1.54, 1.807) is 17.1 Å². The van der Waals surface area contributed by atoms with E-state index in [0.29, 0.717) is 10.8 Å². The molecule has 0 amide bonds. The van der Waals surface area contributed by atoms with Crippen LogP contribution in [0.15, 0.2) is 28.9 Å².